The standard InChI is InChI=1S/C16H23BrO/c1-2-3-4-5-6-7-8-16(18)13-14-9-11-15(17)12-10-14/h9-12H,2-8,13H2,1H3. The molecule has 2 heteroatoms. The second-order valence-electron chi connectivity index (χ2n) is 4.86. The molecule has 0 aromatic heterocycles. The van der Waals surface area contributed by atoms with Gasteiger partial charge in [0.15, 0.2) is 0 Å². The van der Waals surface area contributed by atoms with E-state index in [1.807, 2.05) is 24.3 Å². The number of carbonyl (C=O) groups is 1. The quantitative estimate of drug-likeness (QED) is 0.565. The summed E-state index contributed by atoms with van der Waals surface area (Å²) in [7, 11) is 0. The van der Waals surface area contributed by atoms with E-state index in [0.29, 0.717) is 12.2 Å². The van der Waals surface area contributed by atoms with Crippen molar-refractivity contribution in [2.45, 2.75) is 58.3 Å². The highest BCUT2D eigenvalue weighted by atomic mass is 79.9. The summed E-state index contributed by atoms with van der Waals surface area (Å²) in [5.41, 5.74) is 1.12. The molecule has 0 aliphatic carbocycles. The van der Waals surface area contributed by atoms with E-state index in [-0.39, 0.29) is 0 Å². The van der Waals surface area contributed by atoms with Gasteiger partial charge in [0.1, 0.15) is 5.78 Å². The van der Waals surface area contributed by atoms with E-state index in [0.717, 1.165) is 22.9 Å². The van der Waals surface area contributed by atoms with Gasteiger partial charge in [0.2, 0.25) is 0 Å². The lowest BCUT2D eigenvalue weighted by molar-refractivity contribution is -0.118. The Bertz CT molecular complexity index is 343. The van der Waals surface area contributed by atoms with E-state index in [2.05, 4.69) is 22.9 Å². The maximum Gasteiger partial charge on any atom is 0.137 e. The minimum absolute atomic E-state index is 0.368. The van der Waals surface area contributed by atoms with Crippen LogP contribution in [0.3, 0.4) is 0 Å². The van der Waals surface area contributed by atoms with Crippen LogP contribution in [0.15, 0.2) is 28.7 Å². The van der Waals surface area contributed by atoms with E-state index >= 15 is 0 Å². The lowest BCUT2D eigenvalue weighted by Crippen LogP contribution is -2.02. The van der Waals surface area contributed by atoms with Crippen molar-refractivity contribution in [3.05, 3.63) is 34.3 Å². The summed E-state index contributed by atoms with van der Waals surface area (Å²) in [5.74, 6) is 0.368. The van der Waals surface area contributed by atoms with E-state index < -0.39 is 0 Å². The van der Waals surface area contributed by atoms with E-state index in [4.69, 9.17) is 0 Å². The average molecular weight is 311 g/mol. The molecule has 0 spiro atoms. The van der Waals surface area contributed by atoms with Crippen molar-refractivity contribution < 1.29 is 4.79 Å². The summed E-state index contributed by atoms with van der Waals surface area (Å²) in [6.45, 7) is 2.22. The fourth-order valence-electron chi connectivity index (χ4n) is 2.02. The number of halogens is 1. The number of benzene rings is 1. The minimum atomic E-state index is 0.368. The van der Waals surface area contributed by atoms with Gasteiger partial charge in [-0.1, -0.05) is 67.1 Å². The molecule has 0 fully saturated rings. The molecule has 0 saturated heterocycles. The van der Waals surface area contributed by atoms with Crippen LogP contribution in [0.1, 0.15) is 57.4 Å². The van der Waals surface area contributed by atoms with Crippen LogP contribution < -0.4 is 0 Å². The van der Waals surface area contributed by atoms with Crippen LogP contribution >= 0.6 is 15.9 Å². The van der Waals surface area contributed by atoms with Crippen molar-refractivity contribution in [3.8, 4) is 0 Å². The number of carbonyl (C=O) groups excluding carboxylic acids is 1. The molecule has 1 aromatic rings. The van der Waals surface area contributed by atoms with Crippen LogP contribution in [0.5, 0.6) is 0 Å². The molecule has 0 aliphatic heterocycles. The number of hydrogen-bond donors (Lipinski definition) is 0. The van der Waals surface area contributed by atoms with Crippen LogP contribution in [0, 0.1) is 0 Å². The number of unbranched alkanes of at least 4 members (excludes halogenated alkanes) is 5. The maximum atomic E-state index is 11.8. The van der Waals surface area contributed by atoms with Crippen molar-refractivity contribution in [3.63, 3.8) is 0 Å². The van der Waals surface area contributed by atoms with Gasteiger partial charge < -0.3 is 0 Å². The number of rotatable bonds is 9. The molecule has 0 radical (unpaired) electrons. The molecule has 100 valence electrons. The minimum Gasteiger partial charge on any atom is -0.299 e. The van der Waals surface area contributed by atoms with Gasteiger partial charge in [0.05, 0.1) is 0 Å². The summed E-state index contributed by atoms with van der Waals surface area (Å²) in [6.07, 6.45) is 8.78. The molecule has 0 heterocycles. The van der Waals surface area contributed by atoms with Crippen LogP contribution in [-0.2, 0) is 11.2 Å². The fourth-order valence-corrected chi connectivity index (χ4v) is 2.29. The third kappa shape index (κ3) is 6.95. The highest BCUT2D eigenvalue weighted by Crippen LogP contribution is 2.13. The van der Waals surface area contributed by atoms with E-state index in [1.165, 1.54) is 32.1 Å². The highest BCUT2D eigenvalue weighted by molar-refractivity contribution is 9.10. The second-order valence-corrected chi connectivity index (χ2v) is 5.78. The summed E-state index contributed by atoms with van der Waals surface area (Å²) >= 11 is 3.40. The van der Waals surface area contributed by atoms with E-state index in [1.54, 1.807) is 0 Å². The largest absolute Gasteiger partial charge is 0.299 e. The Morgan fingerprint density at radius 1 is 1.00 bits per heavy atom. The predicted molar refractivity (Wildman–Crippen MR) is 80.8 cm³/mol. The molecular formula is C16H23BrO. The molecule has 0 aliphatic rings. The molecule has 0 atom stereocenters. The summed E-state index contributed by atoms with van der Waals surface area (Å²) < 4.78 is 1.06. The normalized spacial score (nSPS) is 10.6. The molecule has 0 bridgehead atoms. The van der Waals surface area contributed by atoms with Crippen molar-refractivity contribution in [1.82, 2.24) is 0 Å². The van der Waals surface area contributed by atoms with Crippen molar-refractivity contribution in [2.24, 2.45) is 0 Å². The third-order valence-electron chi connectivity index (χ3n) is 3.12. The molecule has 1 rings (SSSR count). The number of hydrogen-bond acceptors (Lipinski definition) is 1. The molecule has 18 heavy (non-hydrogen) atoms. The average Bonchev–Trinajstić information content (AvgIpc) is 2.36. The van der Waals surface area contributed by atoms with Crippen LogP contribution in [0.25, 0.3) is 0 Å². The Balaban J connectivity index is 2.12. The highest BCUT2D eigenvalue weighted by Gasteiger charge is 2.03. The summed E-state index contributed by atoms with van der Waals surface area (Å²) in [5, 5.41) is 0. The Morgan fingerprint density at radius 3 is 2.28 bits per heavy atom. The first kappa shape index (κ1) is 15.4. The van der Waals surface area contributed by atoms with Gasteiger partial charge in [0, 0.05) is 17.3 Å². The van der Waals surface area contributed by atoms with Crippen molar-refractivity contribution >= 4 is 21.7 Å². The first-order valence-corrected chi connectivity index (χ1v) is 7.78. The molecule has 0 amide bonds. The molecule has 1 aromatic carbocycles. The van der Waals surface area contributed by atoms with Crippen molar-refractivity contribution in [1.29, 1.82) is 0 Å². The zero-order valence-corrected chi connectivity index (χ0v) is 12.8. The molecule has 0 unspecified atom stereocenters. The molecular weight excluding hydrogens is 288 g/mol. The monoisotopic (exact) mass is 310 g/mol. The first-order chi connectivity index (χ1) is 8.72. The Hall–Kier alpha value is -0.630. The zero-order chi connectivity index (χ0) is 13.2. The zero-order valence-electron chi connectivity index (χ0n) is 11.3. The predicted octanol–water partition coefficient (Wildman–Crippen LogP) is 5.31. The van der Waals surface area contributed by atoms with Gasteiger partial charge >= 0.3 is 0 Å². The second kappa shape index (κ2) is 9.32. The summed E-state index contributed by atoms with van der Waals surface area (Å²) in [4.78, 5) is 11.8. The SMILES string of the molecule is CCCCCCCCC(=O)Cc1ccc(Br)cc1. The van der Waals surface area contributed by atoms with Crippen molar-refractivity contribution in [2.75, 3.05) is 0 Å². The Kier molecular flexibility index (Phi) is 7.99. The topological polar surface area (TPSA) is 17.1 Å². The molecule has 0 saturated carbocycles. The maximum absolute atomic E-state index is 11.8. The van der Waals surface area contributed by atoms with Gasteiger partial charge in [-0.2, -0.15) is 0 Å². The van der Waals surface area contributed by atoms with Gasteiger partial charge in [-0.25, -0.2) is 0 Å². The first-order valence-electron chi connectivity index (χ1n) is 6.98. The van der Waals surface area contributed by atoms with Crippen LogP contribution in [0.4, 0.5) is 0 Å². The van der Waals surface area contributed by atoms with Crippen LogP contribution in [-0.4, -0.2) is 5.78 Å². The third-order valence-corrected chi connectivity index (χ3v) is 3.65. The van der Waals surface area contributed by atoms with Gasteiger partial charge in [-0.3, -0.25) is 4.79 Å². The van der Waals surface area contributed by atoms with E-state index in [9.17, 15) is 4.79 Å². The lowest BCUT2D eigenvalue weighted by atomic mass is 10.0. The smallest absolute Gasteiger partial charge is 0.137 e. The van der Waals surface area contributed by atoms with Gasteiger partial charge in [0.25, 0.3) is 0 Å². The fraction of sp³-hybridized carbons (Fsp3) is 0.562. The number of ketones is 1. The summed E-state index contributed by atoms with van der Waals surface area (Å²) in [6, 6.07) is 8.02. The van der Waals surface area contributed by atoms with Gasteiger partial charge in [-0.05, 0) is 24.1 Å². The van der Waals surface area contributed by atoms with Crippen LogP contribution in [0.2, 0.25) is 0 Å². The van der Waals surface area contributed by atoms with Gasteiger partial charge in [-0.15, -0.1) is 0 Å². The number of Topliss-reactive ketones (excluding diaryl/α,β-unsaturated/α-hetero) is 1. The molecule has 1 nitrogen and oxygen atoms in total. The molecule has 0 N–H and O–H groups in total. The Morgan fingerprint density at radius 2 is 1.61 bits per heavy atom. The lowest BCUT2D eigenvalue weighted by Gasteiger charge is -2.02. The Labute approximate surface area is 119 Å².